The Balaban J connectivity index is 2.11. The lowest BCUT2D eigenvalue weighted by molar-refractivity contribution is -0.0701. The second kappa shape index (κ2) is 5.42. The fourth-order valence-electron chi connectivity index (χ4n) is 2.18. The van der Waals surface area contributed by atoms with Gasteiger partial charge in [-0.2, -0.15) is 0 Å². The van der Waals surface area contributed by atoms with Crippen molar-refractivity contribution in [2.24, 2.45) is 0 Å². The highest BCUT2D eigenvalue weighted by molar-refractivity contribution is 7.99. The monoisotopic (exact) mass is 252 g/mol. The molecule has 0 radical (unpaired) electrons. The van der Waals surface area contributed by atoms with Gasteiger partial charge in [-0.15, -0.1) is 11.8 Å². The molecule has 1 N–H and O–H groups in total. The molecule has 0 aromatic heterocycles. The fraction of sp³-hybridized carbons (Fsp3) is 0.571. The molecule has 2 nitrogen and oxygen atoms in total. The number of rotatable bonds is 5. The Hall–Kier alpha value is -0.510. The number of aliphatic hydroxyl groups excluding tert-OH is 1. The molecular weight excluding hydrogens is 232 g/mol. The van der Waals surface area contributed by atoms with Crippen LogP contribution in [0.4, 0.5) is 0 Å². The lowest BCUT2D eigenvalue weighted by atomic mass is 9.76. The molecule has 0 atom stereocenters. The minimum absolute atomic E-state index is 0.0653. The molecule has 1 aliphatic heterocycles. The van der Waals surface area contributed by atoms with Crippen LogP contribution in [-0.2, 0) is 10.2 Å². The summed E-state index contributed by atoms with van der Waals surface area (Å²) >= 11 is 1.88. The van der Waals surface area contributed by atoms with Gasteiger partial charge in [-0.25, -0.2) is 0 Å². The molecule has 2 rings (SSSR count). The Morgan fingerprint density at radius 2 is 1.94 bits per heavy atom. The minimum Gasteiger partial charge on any atom is -0.396 e. The molecule has 0 amide bonds. The van der Waals surface area contributed by atoms with E-state index in [4.69, 9.17) is 9.84 Å². The summed E-state index contributed by atoms with van der Waals surface area (Å²) in [6.45, 7) is 6.11. The molecule has 0 bridgehead atoms. The molecule has 0 aliphatic carbocycles. The predicted molar refractivity (Wildman–Crippen MR) is 71.6 cm³/mol. The summed E-state index contributed by atoms with van der Waals surface area (Å²) in [7, 11) is 0. The van der Waals surface area contributed by atoms with Crippen LogP contribution in [0.25, 0.3) is 0 Å². The van der Waals surface area contributed by atoms with E-state index in [0.717, 1.165) is 19.6 Å². The third-order valence-corrected chi connectivity index (χ3v) is 4.20. The van der Waals surface area contributed by atoms with E-state index in [9.17, 15) is 0 Å². The van der Waals surface area contributed by atoms with E-state index in [1.165, 1.54) is 10.5 Å². The van der Waals surface area contributed by atoms with Gasteiger partial charge in [0.15, 0.2) is 0 Å². The SMILES string of the molecule is CC(C)Sc1ccc(C2(CCO)COC2)cc1. The molecule has 1 aromatic carbocycles. The summed E-state index contributed by atoms with van der Waals surface area (Å²) in [4.78, 5) is 1.31. The largest absolute Gasteiger partial charge is 0.396 e. The van der Waals surface area contributed by atoms with Gasteiger partial charge in [0.2, 0.25) is 0 Å². The van der Waals surface area contributed by atoms with E-state index in [2.05, 4.69) is 38.1 Å². The zero-order valence-corrected chi connectivity index (χ0v) is 11.3. The highest BCUT2D eigenvalue weighted by Gasteiger charge is 2.39. The van der Waals surface area contributed by atoms with Crippen LogP contribution in [0, 0.1) is 0 Å². The summed E-state index contributed by atoms with van der Waals surface area (Å²) < 4.78 is 5.32. The number of benzene rings is 1. The lowest BCUT2D eigenvalue weighted by Gasteiger charge is -2.41. The fourth-order valence-corrected chi connectivity index (χ4v) is 3.01. The standard InChI is InChI=1S/C14H20O2S/c1-11(2)17-13-5-3-12(4-6-13)14(7-8-15)9-16-10-14/h3-6,11,15H,7-10H2,1-2H3. The maximum atomic E-state index is 9.14. The Bertz CT molecular complexity index is 355. The first-order valence-electron chi connectivity index (χ1n) is 6.12. The molecule has 0 saturated carbocycles. The molecular formula is C14H20O2S. The van der Waals surface area contributed by atoms with Gasteiger partial charge >= 0.3 is 0 Å². The quantitative estimate of drug-likeness (QED) is 0.817. The smallest absolute Gasteiger partial charge is 0.0586 e. The molecule has 3 heteroatoms. The summed E-state index contributed by atoms with van der Waals surface area (Å²) in [5.74, 6) is 0. The van der Waals surface area contributed by atoms with Crippen molar-refractivity contribution in [3.05, 3.63) is 29.8 Å². The molecule has 1 fully saturated rings. The molecule has 1 aliphatic rings. The number of hydrogen-bond acceptors (Lipinski definition) is 3. The van der Waals surface area contributed by atoms with Crippen LogP contribution in [-0.4, -0.2) is 30.2 Å². The van der Waals surface area contributed by atoms with E-state index >= 15 is 0 Å². The van der Waals surface area contributed by atoms with Gasteiger partial charge in [0.05, 0.1) is 13.2 Å². The molecule has 0 spiro atoms. The molecule has 1 saturated heterocycles. The third kappa shape index (κ3) is 2.84. The van der Waals surface area contributed by atoms with E-state index in [0.29, 0.717) is 5.25 Å². The number of thioether (sulfide) groups is 1. The van der Waals surface area contributed by atoms with Gasteiger partial charge in [0.25, 0.3) is 0 Å². The Morgan fingerprint density at radius 3 is 2.35 bits per heavy atom. The van der Waals surface area contributed by atoms with Crippen LogP contribution < -0.4 is 0 Å². The van der Waals surface area contributed by atoms with Crippen molar-refractivity contribution in [3.63, 3.8) is 0 Å². The number of hydrogen-bond donors (Lipinski definition) is 1. The van der Waals surface area contributed by atoms with Gasteiger partial charge in [-0.05, 0) is 24.1 Å². The van der Waals surface area contributed by atoms with Gasteiger partial charge in [0.1, 0.15) is 0 Å². The summed E-state index contributed by atoms with van der Waals surface area (Å²) in [5.41, 5.74) is 1.36. The van der Waals surface area contributed by atoms with Crippen LogP contribution in [0.1, 0.15) is 25.8 Å². The van der Waals surface area contributed by atoms with Gasteiger partial charge < -0.3 is 9.84 Å². The zero-order valence-electron chi connectivity index (χ0n) is 10.5. The zero-order chi connectivity index (χ0) is 12.3. The van der Waals surface area contributed by atoms with Crippen LogP contribution in [0.5, 0.6) is 0 Å². The first kappa shape index (κ1) is 12.9. The maximum absolute atomic E-state index is 9.14. The number of aliphatic hydroxyl groups is 1. The average Bonchev–Trinajstić information content (AvgIpc) is 2.24. The molecule has 0 unspecified atom stereocenters. The highest BCUT2D eigenvalue weighted by Crippen LogP contribution is 2.36. The van der Waals surface area contributed by atoms with Gasteiger partial charge in [0, 0.05) is 22.2 Å². The lowest BCUT2D eigenvalue weighted by Crippen LogP contribution is -2.47. The highest BCUT2D eigenvalue weighted by atomic mass is 32.2. The second-order valence-corrected chi connectivity index (χ2v) is 6.59. The first-order chi connectivity index (χ1) is 8.16. The van der Waals surface area contributed by atoms with Crippen molar-refractivity contribution in [1.82, 2.24) is 0 Å². The van der Waals surface area contributed by atoms with Crippen LogP contribution >= 0.6 is 11.8 Å². The summed E-state index contributed by atoms with van der Waals surface area (Å²) in [6, 6.07) is 8.72. The first-order valence-corrected chi connectivity index (χ1v) is 7.00. The van der Waals surface area contributed by atoms with Crippen molar-refractivity contribution in [1.29, 1.82) is 0 Å². The predicted octanol–water partition coefficient (Wildman–Crippen LogP) is 2.84. The van der Waals surface area contributed by atoms with Crippen molar-refractivity contribution < 1.29 is 9.84 Å². The van der Waals surface area contributed by atoms with Gasteiger partial charge in [-0.3, -0.25) is 0 Å². The van der Waals surface area contributed by atoms with E-state index < -0.39 is 0 Å². The maximum Gasteiger partial charge on any atom is 0.0586 e. The van der Waals surface area contributed by atoms with Crippen molar-refractivity contribution in [2.45, 2.75) is 35.8 Å². The van der Waals surface area contributed by atoms with Crippen molar-refractivity contribution >= 4 is 11.8 Å². The minimum atomic E-state index is 0.0653. The Morgan fingerprint density at radius 1 is 1.29 bits per heavy atom. The number of ether oxygens (including phenoxy) is 1. The average molecular weight is 252 g/mol. The molecule has 94 valence electrons. The normalized spacial score (nSPS) is 18.1. The van der Waals surface area contributed by atoms with Gasteiger partial charge in [-0.1, -0.05) is 26.0 Å². The summed E-state index contributed by atoms with van der Waals surface area (Å²) in [6.07, 6.45) is 0.795. The van der Waals surface area contributed by atoms with E-state index in [1.807, 2.05) is 11.8 Å². The van der Waals surface area contributed by atoms with Crippen LogP contribution in [0.2, 0.25) is 0 Å². The molecule has 17 heavy (non-hydrogen) atoms. The van der Waals surface area contributed by atoms with E-state index in [1.54, 1.807) is 0 Å². The van der Waals surface area contributed by atoms with Crippen LogP contribution in [0.3, 0.4) is 0 Å². The third-order valence-electron chi connectivity index (χ3n) is 3.19. The van der Waals surface area contributed by atoms with Crippen molar-refractivity contribution in [2.75, 3.05) is 19.8 Å². The Labute approximate surface area is 107 Å². The molecule has 1 heterocycles. The van der Waals surface area contributed by atoms with Crippen molar-refractivity contribution in [3.8, 4) is 0 Å². The van der Waals surface area contributed by atoms with E-state index in [-0.39, 0.29) is 12.0 Å². The van der Waals surface area contributed by atoms with Crippen LogP contribution in [0.15, 0.2) is 29.2 Å². The topological polar surface area (TPSA) is 29.5 Å². The Kier molecular flexibility index (Phi) is 4.13. The second-order valence-electron chi connectivity index (χ2n) is 4.94. The molecule has 1 aromatic rings. The summed E-state index contributed by atoms with van der Waals surface area (Å²) in [5, 5.41) is 9.75.